The number of fused-ring (bicyclic) bond motifs is 1. The number of nitrogens with two attached hydrogens (primary N) is 1. The molecule has 2 unspecified atom stereocenters. The summed E-state index contributed by atoms with van der Waals surface area (Å²) in [5, 5.41) is 8.99. The van der Waals surface area contributed by atoms with Gasteiger partial charge in [-0.3, -0.25) is 4.79 Å². The molecular formula is C21H23ClN4O3S. The van der Waals surface area contributed by atoms with Crippen LogP contribution in [0, 0.1) is 5.92 Å². The number of piperidine rings is 1. The maximum absolute atomic E-state index is 12.7. The van der Waals surface area contributed by atoms with Crippen molar-refractivity contribution in [3.8, 4) is 0 Å². The summed E-state index contributed by atoms with van der Waals surface area (Å²) in [6.45, 7) is 1.92. The highest BCUT2D eigenvalue weighted by Crippen LogP contribution is 2.28. The number of carbonyl (C=O) groups excluding carboxylic acids is 1. The Kier molecular flexibility index (Phi) is 6.36. The minimum atomic E-state index is -1.47. The molecule has 2 heterocycles. The first-order valence-electron chi connectivity index (χ1n) is 9.83. The fourth-order valence-corrected chi connectivity index (χ4v) is 4.22. The average molecular weight is 447 g/mol. The van der Waals surface area contributed by atoms with Crippen molar-refractivity contribution in [3.05, 3.63) is 53.1 Å². The lowest BCUT2D eigenvalue weighted by atomic mass is 9.97. The van der Waals surface area contributed by atoms with Gasteiger partial charge in [0, 0.05) is 30.7 Å². The van der Waals surface area contributed by atoms with Gasteiger partial charge in [-0.1, -0.05) is 23.7 Å². The number of amides is 1. The number of hydrogen-bond acceptors (Lipinski definition) is 5. The normalized spacial score (nSPS) is 17.8. The molecule has 0 saturated carbocycles. The van der Waals surface area contributed by atoms with Crippen molar-refractivity contribution in [1.82, 2.24) is 10.3 Å². The van der Waals surface area contributed by atoms with Crippen molar-refractivity contribution in [2.45, 2.75) is 24.2 Å². The first-order chi connectivity index (χ1) is 14.5. The van der Waals surface area contributed by atoms with E-state index in [2.05, 4.69) is 10.3 Å². The Morgan fingerprint density at radius 2 is 2.10 bits per heavy atom. The van der Waals surface area contributed by atoms with Crippen LogP contribution in [0.4, 0.5) is 6.01 Å². The van der Waals surface area contributed by atoms with E-state index >= 15 is 0 Å². The number of aromatic nitrogens is 1. The van der Waals surface area contributed by atoms with Crippen molar-refractivity contribution in [1.29, 1.82) is 0 Å². The van der Waals surface area contributed by atoms with Crippen LogP contribution in [0.15, 0.2) is 51.8 Å². The number of halogens is 1. The number of rotatable bonds is 6. The lowest BCUT2D eigenvalue weighted by Gasteiger charge is -2.30. The number of nitrogens with one attached hydrogen (secondary N) is 1. The van der Waals surface area contributed by atoms with Crippen LogP contribution in [0.1, 0.15) is 18.4 Å². The summed E-state index contributed by atoms with van der Waals surface area (Å²) in [5.41, 5.74) is 2.46. The quantitative estimate of drug-likeness (QED) is 0.606. The Morgan fingerprint density at radius 1 is 1.30 bits per heavy atom. The molecule has 1 aliphatic rings. The Labute approximate surface area is 182 Å². The second-order valence-corrected chi connectivity index (χ2v) is 8.88. The summed E-state index contributed by atoms with van der Waals surface area (Å²) in [6, 6.07) is 13.2. The molecule has 0 spiro atoms. The molecule has 0 radical (unpaired) electrons. The van der Waals surface area contributed by atoms with Gasteiger partial charge in [0.05, 0.1) is 10.8 Å². The molecule has 1 aliphatic heterocycles. The number of nitrogens with zero attached hydrogens (tertiary/aromatic N) is 2. The van der Waals surface area contributed by atoms with Crippen molar-refractivity contribution in [3.63, 3.8) is 0 Å². The molecule has 30 heavy (non-hydrogen) atoms. The van der Waals surface area contributed by atoms with Gasteiger partial charge in [-0.25, -0.2) is 9.35 Å². The number of benzene rings is 2. The molecule has 3 N–H and O–H groups in total. The van der Waals surface area contributed by atoms with Crippen LogP contribution < -0.4 is 15.4 Å². The zero-order valence-electron chi connectivity index (χ0n) is 16.3. The van der Waals surface area contributed by atoms with Gasteiger partial charge in [0.15, 0.2) is 5.58 Å². The molecule has 9 heteroatoms. The number of carbonyl (C=O) groups is 1. The van der Waals surface area contributed by atoms with Crippen LogP contribution in [-0.2, 0) is 22.2 Å². The summed E-state index contributed by atoms with van der Waals surface area (Å²) >= 11 is 6.02. The molecule has 158 valence electrons. The minimum Gasteiger partial charge on any atom is -0.423 e. The predicted octanol–water partition coefficient (Wildman–Crippen LogP) is 3.04. The van der Waals surface area contributed by atoms with Crippen LogP contribution in [0.5, 0.6) is 0 Å². The van der Waals surface area contributed by atoms with E-state index in [0.29, 0.717) is 41.0 Å². The molecule has 1 aromatic heterocycles. The maximum atomic E-state index is 12.7. The van der Waals surface area contributed by atoms with E-state index < -0.39 is 11.0 Å². The third-order valence-corrected chi connectivity index (χ3v) is 6.24. The van der Waals surface area contributed by atoms with Crippen LogP contribution in [0.25, 0.3) is 11.1 Å². The lowest BCUT2D eigenvalue weighted by Crippen LogP contribution is -2.43. The van der Waals surface area contributed by atoms with Gasteiger partial charge < -0.3 is 14.6 Å². The summed E-state index contributed by atoms with van der Waals surface area (Å²) < 4.78 is 17.1. The van der Waals surface area contributed by atoms with Gasteiger partial charge in [0.1, 0.15) is 16.5 Å². The molecule has 3 aromatic rings. The lowest BCUT2D eigenvalue weighted by molar-refractivity contribution is -0.125. The molecular weight excluding hydrogens is 424 g/mol. The molecule has 2 atom stereocenters. The van der Waals surface area contributed by atoms with Crippen molar-refractivity contribution in [2.24, 2.45) is 11.1 Å². The monoisotopic (exact) mass is 446 g/mol. The fourth-order valence-electron chi connectivity index (χ4n) is 3.65. The van der Waals surface area contributed by atoms with E-state index in [1.54, 1.807) is 24.3 Å². The SMILES string of the molecule is NS(=O)c1ccc(CCNC(=O)C2CCCN(c3nc4ccc(Cl)cc4o3)C2)cc1. The van der Waals surface area contributed by atoms with Crippen molar-refractivity contribution in [2.75, 3.05) is 24.5 Å². The number of oxazole rings is 1. The highest BCUT2D eigenvalue weighted by Gasteiger charge is 2.28. The summed E-state index contributed by atoms with van der Waals surface area (Å²) in [6.07, 6.45) is 2.44. The molecule has 0 aliphatic carbocycles. The van der Waals surface area contributed by atoms with E-state index in [9.17, 15) is 9.00 Å². The van der Waals surface area contributed by atoms with Crippen LogP contribution in [0.3, 0.4) is 0 Å². The van der Waals surface area contributed by atoms with Crippen LogP contribution in [0.2, 0.25) is 5.02 Å². The summed E-state index contributed by atoms with van der Waals surface area (Å²) in [4.78, 5) is 19.8. The molecule has 1 saturated heterocycles. The van der Waals surface area contributed by atoms with E-state index in [1.807, 2.05) is 23.1 Å². The third kappa shape index (κ3) is 4.83. The maximum Gasteiger partial charge on any atom is 0.298 e. The molecule has 4 rings (SSSR count). The van der Waals surface area contributed by atoms with Gasteiger partial charge >= 0.3 is 0 Å². The van der Waals surface area contributed by atoms with E-state index in [0.717, 1.165) is 30.5 Å². The third-order valence-electron chi connectivity index (χ3n) is 5.27. The van der Waals surface area contributed by atoms with Crippen molar-refractivity contribution >= 4 is 45.6 Å². The zero-order valence-corrected chi connectivity index (χ0v) is 17.9. The van der Waals surface area contributed by atoms with Gasteiger partial charge in [-0.2, -0.15) is 4.98 Å². The largest absolute Gasteiger partial charge is 0.423 e. The highest BCUT2D eigenvalue weighted by atomic mass is 35.5. The Balaban J connectivity index is 1.32. The highest BCUT2D eigenvalue weighted by molar-refractivity contribution is 7.82. The van der Waals surface area contributed by atoms with Gasteiger partial charge in [-0.15, -0.1) is 0 Å². The number of anilines is 1. The van der Waals surface area contributed by atoms with Crippen molar-refractivity contribution < 1.29 is 13.4 Å². The van der Waals surface area contributed by atoms with Crippen LogP contribution in [-0.4, -0.2) is 34.7 Å². The second-order valence-electron chi connectivity index (χ2n) is 7.38. The van der Waals surface area contributed by atoms with E-state index in [-0.39, 0.29) is 11.8 Å². The Morgan fingerprint density at radius 3 is 2.87 bits per heavy atom. The second kappa shape index (κ2) is 9.16. The fraction of sp³-hybridized carbons (Fsp3) is 0.333. The summed E-state index contributed by atoms with van der Waals surface area (Å²) in [5.74, 6) is -0.0714. The average Bonchev–Trinajstić information content (AvgIpc) is 3.17. The first-order valence-corrected chi connectivity index (χ1v) is 11.4. The zero-order chi connectivity index (χ0) is 21.1. The van der Waals surface area contributed by atoms with Crippen LogP contribution >= 0.6 is 11.6 Å². The minimum absolute atomic E-state index is 0.0403. The molecule has 1 amide bonds. The predicted molar refractivity (Wildman–Crippen MR) is 118 cm³/mol. The molecule has 2 aromatic carbocycles. The molecule has 0 bridgehead atoms. The summed E-state index contributed by atoms with van der Waals surface area (Å²) in [7, 11) is -1.47. The topological polar surface area (TPSA) is 101 Å². The number of hydrogen-bond donors (Lipinski definition) is 2. The van der Waals surface area contributed by atoms with E-state index in [1.165, 1.54) is 0 Å². The van der Waals surface area contributed by atoms with Gasteiger partial charge in [-0.05, 0) is 49.1 Å². The van der Waals surface area contributed by atoms with Gasteiger partial charge in [0.25, 0.3) is 6.01 Å². The standard InChI is InChI=1S/C21H23ClN4O3S/c22-16-5-8-18-19(12-16)29-21(25-18)26-11-1-2-15(13-26)20(27)24-10-9-14-3-6-17(7-4-14)30(23)28/h3-8,12,15H,1-2,9-11,13,23H2,(H,24,27). The Hall–Kier alpha value is -2.42. The molecule has 1 fully saturated rings. The smallest absolute Gasteiger partial charge is 0.298 e. The first kappa shape index (κ1) is 20.8. The Bertz CT molecular complexity index is 1070. The molecule has 7 nitrogen and oxygen atoms in total. The van der Waals surface area contributed by atoms with E-state index in [4.69, 9.17) is 21.2 Å². The van der Waals surface area contributed by atoms with Gasteiger partial charge in [0.2, 0.25) is 5.91 Å².